The van der Waals surface area contributed by atoms with E-state index in [0.717, 1.165) is 11.3 Å². The van der Waals surface area contributed by atoms with Crippen molar-refractivity contribution >= 4 is 11.6 Å². The Balaban J connectivity index is 1.97. The monoisotopic (exact) mass is 242 g/mol. The molecule has 92 valence electrons. The number of carbonyl (C=O) groups excluding carboxylic acids is 1. The zero-order chi connectivity index (χ0) is 13.0. The van der Waals surface area contributed by atoms with Crippen molar-refractivity contribution in [2.24, 2.45) is 5.73 Å². The van der Waals surface area contributed by atoms with Gasteiger partial charge in [-0.15, -0.1) is 0 Å². The number of rotatable bonds is 4. The Kier molecular flexibility index (Phi) is 3.48. The Morgan fingerprint density at radius 2 is 1.61 bits per heavy atom. The lowest BCUT2D eigenvalue weighted by Gasteiger charge is -2.06. The largest absolute Gasteiger partial charge is 0.489 e. The summed E-state index contributed by atoms with van der Waals surface area (Å²) in [6.45, 7) is 0.433. The molecule has 0 bridgehead atoms. The number of carbonyl (C=O) groups is 1. The van der Waals surface area contributed by atoms with Crippen molar-refractivity contribution in [1.82, 2.24) is 0 Å². The first-order valence-electron chi connectivity index (χ1n) is 5.52. The minimum absolute atomic E-state index is 0.430. The van der Waals surface area contributed by atoms with Crippen molar-refractivity contribution < 1.29 is 9.53 Å². The molecule has 0 radical (unpaired) electrons. The van der Waals surface area contributed by atoms with Crippen LogP contribution in [0.3, 0.4) is 0 Å². The molecule has 0 saturated heterocycles. The van der Waals surface area contributed by atoms with E-state index in [1.165, 1.54) is 0 Å². The molecule has 4 nitrogen and oxygen atoms in total. The van der Waals surface area contributed by atoms with Crippen LogP contribution in [0.5, 0.6) is 5.75 Å². The molecule has 0 spiro atoms. The first-order chi connectivity index (χ1) is 8.65. The van der Waals surface area contributed by atoms with Crippen LogP contribution in [0.25, 0.3) is 0 Å². The lowest BCUT2D eigenvalue weighted by Crippen LogP contribution is -2.10. The van der Waals surface area contributed by atoms with Crippen LogP contribution in [0.1, 0.15) is 15.9 Å². The molecule has 2 aromatic carbocycles. The van der Waals surface area contributed by atoms with E-state index in [-0.39, 0.29) is 0 Å². The van der Waals surface area contributed by atoms with E-state index in [1.807, 2.05) is 24.3 Å². The van der Waals surface area contributed by atoms with Gasteiger partial charge in [0.2, 0.25) is 5.91 Å². The van der Waals surface area contributed by atoms with E-state index in [9.17, 15) is 4.79 Å². The second-order valence-corrected chi connectivity index (χ2v) is 3.92. The van der Waals surface area contributed by atoms with E-state index in [1.54, 1.807) is 24.3 Å². The zero-order valence-electron chi connectivity index (χ0n) is 9.80. The van der Waals surface area contributed by atoms with Gasteiger partial charge in [0.05, 0.1) is 0 Å². The molecule has 0 saturated carbocycles. The Morgan fingerprint density at radius 3 is 2.17 bits per heavy atom. The van der Waals surface area contributed by atoms with Gasteiger partial charge < -0.3 is 16.2 Å². The molecule has 4 N–H and O–H groups in total. The summed E-state index contributed by atoms with van der Waals surface area (Å²) in [7, 11) is 0. The highest BCUT2D eigenvalue weighted by Gasteiger charge is 2.00. The van der Waals surface area contributed by atoms with Crippen LogP contribution in [-0.2, 0) is 6.61 Å². The fourth-order valence-electron chi connectivity index (χ4n) is 1.50. The number of hydrogen-bond donors (Lipinski definition) is 2. The second-order valence-electron chi connectivity index (χ2n) is 3.92. The average molecular weight is 242 g/mol. The third kappa shape index (κ3) is 3.01. The lowest BCUT2D eigenvalue weighted by atomic mass is 10.1. The summed E-state index contributed by atoms with van der Waals surface area (Å²) < 4.78 is 5.58. The van der Waals surface area contributed by atoms with Gasteiger partial charge in [-0.3, -0.25) is 4.79 Å². The number of primary amides is 1. The molecule has 0 aliphatic rings. The van der Waals surface area contributed by atoms with Crippen LogP contribution in [0.4, 0.5) is 5.69 Å². The maximum atomic E-state index is 10.9. The van der Waals surface area contributed by atoms with Gasteiger partial charge in [0.15, 0.2) is 0 Å². The summed E-state index contributed by atoms with van der Waals surface area (Å²) in [6.07, 6.45) is 0. The van der Waals surface area contributed by atoms with Gasteiger partial charge >= 0.3 is 0 Å². The predicted molar refractivity (Wildman–Crippen MR) is 70.1 cm³/mol. The summed E-state index contributed by atoms with van der Waals surface area (Å²) in [5.74, 6) is 0.323. The number of amides is 1. The molecule has 0 fully saturated rings. The van der Waals surface area contributed by atoms with Crippen LogP contribution in [-0.4, -0.2) is 5.91 Å². The summed E-state index contributed by atoms with van der Waals surface area (Å²) >= 11 is 0. The molecule has 2 aromatic rings. The van der Waals surface area contributed by atoms with E-state index < -0.39 is 5.91 Å². The van der Waals surface area contributed by atoms with Crippen molar-refractivity contribution in [3.8, 4) is 5.75 Å². The van der Waals surface area contributed by atoms with E-state index >= 15 is 0 Å². The highest BCUT2D eigenvalue weighted by Crippen LogP contribution is 2.15. The molecular formula is C14H14N2O2. The van der Waals surface area contributed by atoms with Crippen molar-refractivity contribution in [2.75, 3.05) is 5.73 Å². The van der Waals surface area contributed by atoms with Crippen molar-refractivity contribution in [3.05, 3.63) is 59.7 Å². The van der Waals surface area contributed by atoms with Crippen LogP contribution in [0.15, 0.2) is 48.5 Å². The molecule has 0 aromatic heterocycles. The van der Waals surface area contributed by atoms with Gasteiger partial charge in [0, 0.05) is 11.3 Å². The Morgan fingerprint density at radius 1 is 1.00 bits per heavy atom. The number of ether oxygens (including phenoxy) is 1. The van der Waals surface area contributed by atoms with Crippen LogP contribution in [0, 0.1) is 0 Å². The summed E-state index contributed by atoms with van der Waals surface area (Å²) in [6, 6.07) is 14.2. The Hall–Kier alpha value is -2.49. The number of anilines is 1. The standard InChI is InChI=1S/C14H14N2O2/c15-12-5-7-13(8-6-12)18-9-10-1-3-11(4-2-10)14(16)17/h1-8H,9,15H2,(H2,16,17). The van der Waals surface area contributed by atoms with Gasteiger partial charge in [-0.25, -0.2) is 0 Å². The van der Waals surface area contributed by atoms with Crippen LogP contribution < -0.4 is 16.2 Å². The van der Waals surface area contributed by atoms with Gasteiger partial charge in [-0.05, 0) is 42.0 Å². The third-order valence-corrected chi connectivity index (χ3v) is 2.52. The molecule has 18 heavy (non-hydrogen) atoms. The lowest BCUT2D eigenvalue weighted by molar-refractivity contribution is 0.1000. The van der Waals surface area contributed by atoms with Gasteiger partial charge in [-0.2, -0.15) is 0 Å². The third-order valence-electron chi connectivity index (χ3n) is 2.52. The number of nitrogen functional groups attached to an aromatic ring is 1. The zero-order valence-corrected chi connectivity index (χ0v) is 9.80. The van der Waals surface area contributed by atoms with E-state index in [4.69, 9.17) is 16.2 Å². The molecule has 2 rings (SSSR count). The fourth-order valence-corrected chi connectivity index (χ4v) is 1.50. The van der Waals surface area contributed by atoms with Gasteiger partial charge in [-0.1, -0.05) is 12.1 Å². The molecule has 0 aliphatic heterocycles. The minimum Gasteiger partial charge on any atom is -0.489 e. The highest BCUT2D eigenvalue weighted by molar-refractivity contribution is 5.92. The SMILES string of the molecule is NC(=O)c1ccc(COc2ccc(N)cc2)cc1. The molecule has 0 aliphatic carbocycles. The molecule has 0 atom stereocenters. The quantitative estimate of drug-likeness (QED) is 0.804. The van der Waals surface area contributed by atoms with Crippen LogP contribution in [0.2, 0.25) is 0 Å². The topological polar surface area (TPSA) is 78.3 Å². The number of nitrogens with two attached hydrogens (primary N) is 2. The maximum Gasteiger partial charge on any atom is 0.248 e. The van der Waals surface area contributed by atoms with Crippen molar-refractivity contribution in [2.45, 2.75) is 6.61 Å². The molecule has 0 heterocycles. The summed E-state index contributed by atoms with van der Waals surface area (Å²) in [4.78, 5) is 10.9. The molecular weight excluding hydrogens is 228 g/mol. The number of benzene rings is 2. The first-order valence-corrected chi connectivity index (χ1v) is 5.52. The van der Waals surface area contributed by atoms with Crippen LogP contribution >= 0.6 is 0 Å². The van der Waals surface area contributed by atoms with Gasteiger partial charge in [0.25, 0.3) is 0 Å². The smallest absolute Gasteiger partial charge is 0.248 e. The molecule has 1 amide bonds. The Bertz CT molecular complexity index is 533. The van der Waals surface area contributed by atoms with E-state index in [2.05, 4.69) is 0 Å². The molecule has 4 heteroatoms. The number of hydrogen-bond acceptors (Lipinski definition) is 3. The van der Waals surface area contributed by atoms with Crippen molar-refractivity contribution in [1.29, 1.82) is 0 Å². The van der Waals surface area contributed by atoms with E-state index in [0.29, 0.717) is 17.9 Å². The molecule has 0 unspecified atom stereocenters. The summed E-state index contributed by atoms with van der Waals surface area (Å²) in [5, 5.41) is 0. The average Bonchev–Trinajstić information content (AvgIpc) is 2.38. The predicted octanol–water partition coefficient (Wildman–Crippen LogP) is 1.95. The first kappa shape index (κ1) is 12.0. The van der Waals surface area contributed by atoms with Gasteiger partial charge in [0.1, 0.15) is 12.4 Å². The fraction of sp³-hybridized carbons (Fsp3) is 0.0714. The second kappa shape index (κ2) is 5.23. The normalized spacial score (nSPS) is 10.0. The summed E-state index contributed by atoms with van der Waals surface area (Å²) in [5.41, 5.74) is 12.9. The maximum absolute atomic E-state index is 10.9. The Labute approximate surface area is 105 Å². The highest BCUT2D eigenvalue weighted by atomic mass is 16.5. The van der Waals surface area contributed by atoms with Crippen molar-refractivity contribution in [3.63, 3.8) is 0 Å². The minimum atomic E-state index is -0.430.